The van der Waals surface area contributed by atoms with Crippen LogP contribution in [0.3, 0.4) is 0 Å². The van der Waals surface area contributed by atoms with Gasteiger partial charge in [-0.1, -0.05) is 36.0 Å². The molecule has 2 aromatic carbocycles. The number of amides is 1. The second-order valence-electron chi connectivity index (χ2n) is 7.28. The van der Waals surface area contributed by atoms with Gasteiger partial charge >= 0.3 is 0 Å². The summed E-state index contributed by atoms with van der Waals surface area (Å²) in [5, 5.41) is 5.19. The molecule has 0 radical (unpaired) electrons. The number of thioether (sulfide) groups is 1. The third kappa shape index (κ3) is 4.90. The van der Waals surface area contributed by atoms with E-state index in [9.17, 15) is 4.79 Å². The number of para-hydroxylation sites is 2. The van der Waals surface area contributed by atoms with E-state index in [4.69, 9.17) is 10.5 Å². The standard InChI is InChI=1S/C24H26N4O2S/c1-27-21-8-4-5-9-22(21)31-24(27)16-18-10-13-28(20-7-3-2-6-19(18)20)17-23(29)26-12-15-30-14-11-25/h2-10,13,16H,11-12,14-15,17,25H2,1H3/p+1. The lowest BCUT2D eigenvalue weighted by molar-refractivity contribution is -0.658. The van der Waals surface area contributed by atoms with E-state index in [0.717, 1.165) is 16.5 Å². The molecule has 0 bridgehead atoms. The molecule has 3 aromatic rings. The fraction of sp³-hybridized carbons (Fsp3) is 0.250. The Balaban J connectivity index is 1.53. The number of pyridine rings is 1. The molecule has 0 aliphatic carbocycles. The van der Waals surface area contributed by atoms with Gasteiger partial charge in [0.1, 0.15) is 0 Å². The van der Waals surface area contributed by atoms with Gasteiger partial charge in [-0.15, -0.1) is 0 Å². The van der Waals surface area contributed by atoms with Crippen molar-refractivity contribution in [2.45, 2.75) is 11.4 Å². The second kappa shape index (κ2) is 9.96. The molecule has 0 unspecified atom stereocenters. The van der Waals surface area contributed by atoms with E-state index >= 15 is 0 Å². The molecule has 1 amide bonds. The lowest BCUT2D eigenvalue weighted by Gasteiger charge is -2.13. The number of anilines is 1. The zero-order chi connectivity index (χ0) is 21.6. The third-order valence-corrected chi connectivity index (χ3v) is 6.32. The molecular weight excluding hydrogens is 408 g/mol. The second-order valence-corrected chi connectivity index (χ2v) is 8.34. The van der Waals surface area contributed by atoms with Crippen molar-refractivity contribution in [3.63, 3.8) is 0 Å². The van der Waals surface area contributed by atoms with Gasteiger partial charge < -0.3 is 20.7 Å². The van der Waals surface area contributed by atoms with E-state index < -0.39 is 0 Å². The van der Waals surface area contributed by atoms with Crippen molar-refractivity contribution in [2.24, 2.45) is 5.73 Å². The van der Waals surface area contributed by atoms with Gasteiger partial charge in [-0.2, -0.15) is 4.57 Å². The fourth-order valence-electron chi connectivity index (χ4n) is 3.61. The van der Waals surface area contributed by atoms with Crippen LogP contribution >= 0.6 is 11.8 Å². The smallest absolute Gasteiger partial charge is 0.286 e. The van der Waals surface area contributed by atoms with Crippen molar-refractivity contribution in [2.75, 3.05) is 38.3 Å². The molecule has 7 heteroatoms. The first-order valence-corrected chi connectivity index (χ1v) is 11.2. The van der Waals surface area contributed by atoms with Crippen molar-refractivity contribution >= 4 is 40.3 Å². The zero-order valence-electron chi connectivity index (χ0n) is 17.6. The van der Waals surface area contributed by atoms with Gasteiger partial charge in [-0.25, -0.2) is 0 Å². The van der Waals surface area contributed by atoms with Crippen molar-refractivity contribution < 1.29 is 14.1 Å². The highest BCUT2D eigenvalue weighted by Gasteiger charge is 2.22. The summed E-state index contributed by atoms with van der Waals surface area (Å²) in [5.41, 5.74) is 8.77. The fourth-order valence-corrected chi connectivity index (χ4v) is 4.71. The summed E-state index contributed by atoms with van der Waals surface area (Å²) in [6.07, 6.45) is 4.19. The van der Waals surface area contributed by atoms with E-state index in [2.05, 4.69) is 65.8 Å². The minimum atomic E-state index is -0.0425. The lowest BCUT2D eigenvalue weighted by atomic mass is 10.1. The largest absolute Gasteiger partial charge is 0.378 e. The summed E-state index contributed by atoms with van der Waals surface area (Å²) in [6.45, 7) is 2.19. The number of benzene rings is 2. The van der Waals surface area contributed by atoms with Gasteiger partial charge in [0, 0.05) is 37.2 Å². The van der Waals surface area contributed by atoms with Crippen LogP contribution in [-0.2, 0) is 16.1 Å². The molecule has 1 aliphatic rings. The predicted octanol–water partition coefficient (Wildman–Crippen LogP) is 2.76. The molecular formula is C24H27N4O2S+. The van der Waals surface area contributed by atoms with Gasteiger partial charge in [-0.3, -0.25) is 4.79 Å². The van der Waals surface area contributed by atoms with Crippen molar-refractivity contribution in [1.29, 1.82) is 0 Å². The van der Waals surface area contributed by atoms with Crippen molar-refractivity contribution in [3.8, 4) is 0 Å². The average Bonchev–Trinajstić information content (AvgIpc) is 3.11. The molecule has 3 N–H and O–H groups in total. The minimum Gasteiger partial charge on any atom is -0.378 e. The van der Waals surface area contributed by atoms with E-state index in [1.807, 2.05) is 22.9 Å². The van der Waals surface area contributed by atoms with Gasteiger partial charge in [-0.05, 0) is 29.8 Å². The molecule has 160 valence electrons. The summed E-state index contributed by atoms with van der Waals surface area (Å²) < 4.78 is 7.29. The molecule has 1 aliphatic heterocycles. The molecule has 4 rings (SSSR count). The SMILES string of the molecule is CN1/C(=C/c2cc[n+](CC(=O)NCCOCCN)c3ccccc23)Sc2ccccc21. The molecule has 6 nitrogen and oxygen atoms in total. The quantitative estimate of drug-likeness (QED) is 0.421. The van der Waals surface area contributed by atoms with Crippen LogP contribution in [0.1, 0.15) is 5.56 Å². The topological polar surface area (TPSA) is 71.5 Å². The van der Waals surface area contributed by atoms with Gasteiger partial charge in [0.15, 0.2) is 6.20 Å². The molecule has 0 saturated carbocycles. The van der Waals surface area contributed by atoms with Crippen LogP contribution in [0.15, 0.2) is 70.7 Å². The summed E-state index contributed by atoms with van der Waals surface area (Å²) in [7, 11) is 2.09. The van der Waals surface area contributed by atoms with Crippen LogP contribution < -0.4 is 20.5 Å². The van der Waals surface area contributed by atoms with E-state index in [0.29, 0.717) is 26.3 Å². The van der Waals surface area contributed by atoms with Crippen LogP contribution in [0, 0.1) is 0 Å². The summed E-state index contributed by atoms with van der Waals surface area (Å²) in [5.74, 6) is -0.0425. The molecule has 0 saturated heterocycles. The van der Waals surface area contributed by atoms with Crippen LogP contribution in [0.5, 0.6) is 0 Å². The van der Waals surface area contributed by atoms with Crippen LogP contribution in [-0.4, -0.2) is 39.3 Å². The molecule has 0 spiro atoms. The van der Waals surface area contributed by atoms with E-state index in [-0.39, 0.29) is 12.5 Å². The Morgan fingerprint density at radius 3 is 2.81 bits per heavy atom. The molecule has 0 atom stereocenters. The summed E-state index contributed by atoms with van der Waals surface area (Å²) in [4.78, 5) is 15.9. The predicted molar refractivity (Wildman–Crippen MR) is 126 cm³/mol. The number of fused-ring (bicyclic) bond motifs is 2. The highest BCUT2D eigenvalue weighted by Crippen LogP contribution is 2.45. The van der Waals surface area contributed by atoms with Gasteiger partial charge in [0.2, 0.25) is 12.1 Å². The van der Waals surface area contributed by atoms with Crippen LogP contribution in [0.2, 0.25) is 0 Å². The molecule has 0 fully saturated rings. The average molecular weight is 436 g/mol. The maximum Gasteiger partial charge on any atom is 0.286 e. The monoisotopic (exact) mass is 435 g/mol. The third-order valence-electron chi connectivity index (χ3n) is 5.15. The van der Waals surface area contributed by atoms with E-state index in [1.54, 1.807) is 11.8 Å². The van der Waals surface area contributed by atoms with Gasteiger partial charge in [0.05, 0.1) is 29.3 Å². The number of ether oxygens (including phenoxy) is 1. The number of rotatable bonds is 8. The van der Waals surface area contributed by atoms with Crippen LogP contribution in [0.4, 0.5) is 5.69 Å². The molecule has 2 heterocycles. The van der Waals surface area contributed by atoms with Crippen molar-refractivity contribution in [3.05, 3.63) is 71.4 Å². The Morgan fingerprint density at radius 1 is 1.16 bits per heavy atom. The maximum absolute atomic E-state index is 12.4. The number of carbonyl (C=O) groups is 1. The Kier molecular flexibility index (Phi) is 6.86. The number of nitrogens with two attached hydrogens (primary N) is 1. The highest BCUT2D eigenvalue weighted by molar-refractivity contribution is 8.03. The Hall–Kier alpha value is -2.87. The summed E-state index contributed by atoms with van der Waals surface area (Å²) >= 11 is 1.77. The molecule has 1 aromatic heterocycles. The minimum absolute atomic E-state index is 0.0425. The Morgan fingerprint density at radius 2 is 1.97 bits per heavy atom. The number of carbonyl (C=O) groups excluding carboxylic acids is 1. The first-order valence-electron chi connectivity index (χ1n) is 10.4. The van der Waals surface area contributed by atoms with Crippen LogP contribution in [0.25, 0.3) is 17.0 Å². The summed E-state index contributed by atoms with van der Waals surface area (Å²) in [6, 6.07) is 18.7. The zero-order valence-corrected chi connectivity index (χ0v) is 18.4. The number of aromatic nitrogens is 1. The first-order chi connectivity index (χ1) is 15.2. The number of hydrogen-bond acceptors (Lipinski definition) is 5. The highest BCUT2D eigenvalue weighted by atomic mass is 32.2. The van der Waals surface area contributed by atoms with Gasteiger partial charge in [0.25, 0.3) is 5.91 Å². The Labute approximate surface area is 186 Å². The lowest BCUT2D eigenvalue weighted by Crippen LogP contribution is -2.44. The van der Waals surface area contributed by atoms with E-state index in [1.165, 1.54) is 15.6 Å². The molecule has 31 heavy (non-hydrogen) atoms. The number of hydrogen-bond donors (Lipinski definition) is 2. The normalized spacial score (nSPS) is 14.3. The Bertz CT molecular complexity index is 1120. The first kappa shape index (κ1) is 21.4. The number of nitrogens with one attached hydrogen (secondary N) is 1. The van der Waals surface area contributed by atoms with Crippen molar-refractivity contribution in [1.82, 2.24) is 5.32 Å². The maximum atomic E-state index is 12.4. The number of nitrogens with zero attached hydrogens (tertiary/aromatic N) is 2.